The van der Waals surface area contributed by atoms with Crippen LogP contribution in [-0.2, 0) is 11.2 Å². The van der Waals surface area contributed by atoms with Gasteiger partial charge in [-0.1, -0.05) is 30.1 Å². The number of benzene rings is 1. The number of esters is 1. The Kier molecular flexibility index (Phi) is 4.75. The van der Waals surface area contributed by atoms with Crippen LogP contribution in [0, 0.1) is 0 Å². The minimum absolute atomic E-state index is 0.148. The zero-order valence-electron chi connectivity index (χ0n) is 11.6. The second-order valence-corrected chi connectivity index (χ2v) is 5.12. The first kappa shape index (κ1) is 15.7. The molecule has 0 amide bonds. The molecular formula is C14H14Cl2N2O3. The highest BCUT2D eigenvalue weighted by Gasteiger charge is 2.21. The monoisotopic (exact) mass is 328 g/mol. The lowest BCUT2D eigenvalue weighted by Crippen LogP contribution is -2.17. The van der Waals surface area contributed by atoms with Crippen molar-refractivity contribution in [3.63, 3.8) is 0 Å². The second-order valence-electron chi connectivity index (χ2n) is 4.28. The Morgan fingerprint density at radius 1 is 1.33 bits per heavy atom. The molecule has 0 bridgehead atoms. The van der Waals surface area contributed by atoms with Gasteiger partial charge in [-0.05, 0) is 31.5 Å². The van der Waals surface area contributed by atoms with Gasteiger partial charge in [0.15, 0.2) is 0 Å². The van der Waals surface area contributed by atoms with Crippen LogP contribution in [0.5, 0.6) is 0 Å². The maximum absolute atomic E-state index is 12.4. The molecule has 2 rings (SSSR count). The SMILES string of the molecule is CCOC(=O)c1[nH]n(-c2ccc(Cl)cc2Cl)c(=O)c1CC. The number of aromatic amines is 1. The lowest BCUT2D eigenvalue weighted by atomic mass is 10.2. The molecule has 0 unspecified atom stereocenters. The van der Waals surface area contributed by atoms with Crippen LogP contribution in [0.2, 0.25) is 10.0 Å². The van der Waals surface area contributed by atoms with Crippen molar-refractivity contribution in [2.75, 3.05) is 6.61 Å². The summed E-state index contributed by atoms with van der Waals surface area (Å²) in [4.78, 5) is 24.3. The number of hydrogen-bond acceptors (Lipinski definition) is 3. The van der Waals surface area contributed by atoms with Gasteiger partial charge in [0.2, 0.25) is 0 Å². The van der Waals surface area contributed by atoms with E-state index in [0.29, 0.717) is 27.7 Å². The lowest BCUT2D eigenvalue weighted by Gasteiger charge is -2.05. The topological polar surface area (TPSA) is 64.1 Å². The van der Waals surface area contributed by atoms with E-state index in [4.69, 9.17) is 27.9 Å². The Morgan fingerprint density at radius 3 is 2.62 bits per heavy atom. The summed E-state index contributed by atoms with van der Waals surface area (Å²) in [7, 11) is 0. The average molecular weight is 329 g/mol. The molecule has 0 saturated carbocycles. The third kappa shape index (κ3) is 2.99. The van der Waals surface area contributed by atoms with Gasteiger partial charge >= 0.3 is 5.97 Å². The fourth-order valence-electron chi connectivity index (χ4n) is 2.00. The predicted octanol–water partition coefficient (Wildman–Crippen LogP) is 3.21. The van der Waals surface area contributed by atoms with Crippen molar-refractivity contribution in [1.29, 1.82) is 0 Å². The molecule has 1 heterocycles. The zero-order chi connectivity index (χ0) is 15.6. The first-order chi connectivity index (χ1) is 9.99. The minimum Gasteiger partial charge on any atom is -0.461 e. The number of H-pyrrole nitrogens is 1. The van der Waals surface area contributed by atoms with Crippen LogP contribution in [0.25, 0.3) is 5.69 Å². The normalized spacial score (nSPS) is 10.7. The molecule has 5 nitrogen and oxygen atoms in total. The Balaban J connectivity index is 2.60. The molecule has 1 N–H and O–H groups in total. The highest BCUT2D eigenvalue weighted by atomic mass is 35.5. The van der Waals surface area contributed by atoms with E-state index in [-0.39, 0.29) is 17.9 Å². The molecule has 21 heavy (non-hydrogen) atoms. The molecule has 0 atom stereocenters. The molecule has 1 aromatic carbocycles. The third-order valence-corrected chi connectivity index (χ3v) is 3.51. The second kappa shape index (κ2) is 6.37. The Hall–Kier alpha value is -1.72. The largest absolute Gasteiger partial charge is 0.461 e. The standard InChI is InChI=1S/C14H14Cl2N2O3/c1-3-9-12(14(20)21-4-2)17-18(13(9)19)11-6-5-8(15)7-10(11)16/h5-7,17H,3-4H2,1-2H3. The molecule has 2 aromatic rings. The summed E-state index contributed by atoms with van der Waals surface area (Å²) in [5.74, 6) is -0.560. The smallest absolute Gasteiger partial charge is 0.356 e. The average Bonchev–Trinajstić information content (AvgIpc) is 2.76. The van der Waals surface area contributed by atoms with Gasteiger partial charge in [0.05, 0.1) is 22.9 Å². The summed E-state index contributed by atoms with van der Waals surface area (Å²) < 4.78 is 6.17. The highest BCUT2D eigenvalue weighted by Crippen LogP contribution is 2.23. The summed E-state index contributed by atoms with van der Waals surface area (Å²) in [6.07, 6.45) is 0.404. The first-order valence-corrected chi connectivity index (χ1v) is 7.21. The minimum atomic E-state index is -0.560. The van der Waals surface area contributed by atoms with Crippen LogP contribution >= 0.6 is 23.2 Å². The van der Waals surface area contributed by atoms with Crippen LogP contribution in [0.4, 0.5) is 0 Å². The fraction of sp³-hybridized carbons (Fsp3) is 0.286. The quantitative estimate of drug-likeness (QED) is 0.876. The summed E-state index contributed by atoms with van der Waals surface area (Å²) >= 11 is 11.9. The number of hydrogen-bond donors (Lipinski definition) is 1. The van der Waals surface area contributed by atoms with Gasteiger partial charge in [0.1, 0.15) is 5.69 Å². The molecule has 0 aliphatic rings. The van der Waals surface area contributed by atoms with E-state index in [1.807, 2.05) is 0 Å². The molecule has 0 fully saturated rings. The number of carbonyl (C=O) groups is 1. The fourth-order valence-corrected chi connectivity index (χ4v) is 2.50. The van der Waals surface area contributed by atoms with E-state index in [1.165, 1.54) is 10.7 Å². The van der Waals surface area contributed by atoms with Gasteiger partial charge in [-0.25, -0.2) is 9.48 Å². The maximum Gasteiger partial charge on any atom is 0.356 e. The molecule has 1 aromatic heterocycles. The molecule has 0 spiro atoms. The van der Waals surface area contributed by atoms with E-state index in [1.54, 1.807) is 26.0 Å². The number of carbonyl (C=O) groups excluding carboxylic acids is 1. The molecule has 7 heteroatoms. The van der Waals surface area contributed by atoms with Gasteiger partial charge in [-0.15, -0.1) is 0 Å². The molecule has 0 aliphatic carbocycles. The maximum atomic E-state index is 12.4. The number of ether oxygens (including phenoxy) is 1. The molecular weight excluding hydrogens is 315 g/mol. The number of nitrogens with one attached hydrogen (secondary N) is 1. The van der Waals surface area contributed by atoms with Gasteiger partial charge in [-0.2, -0.15) is 0 Å². The van der Waals surface area contributed by atoms with Crippen molar-refractivity contribution in [3.05, 3.63) is 49.9 Å². The van der Waals surface area contributed by atoms with Crippen molar-refractivity contribution in [2.24, 2.45) is 0 Å². The number of rotatable bonds is 4. The van der Waals surface area contributed by atoms with E-state index >= 15 is 0 Å². The van der Waals surface area contributed by atoms with Crippen molar-refractivity contribution in [1.82, 2.24) is 9.78 Å². The number of halogens is 2. The predicted molar refractivity (Wildman–Crippen MR) is 81.7 cm³/mol. The van der Waals surface area contributed by atoms with Gasteiger partial charge in [0.25, 0.3) is 5.56 Å². The van der Waals surface area contributed by atoms with Gasteiger partial charge in [-0.3, -0.25) is 9.89 Å². The van der Waals surface area contributed by atoms with Crippen molar-refractivity contribution >= 4 is 29.2 Å². The molecule has 0 saturated heterocycles. The zero-order valence-corrected chi connectivity index (χ0v) is 13.1. The van der Waals surface area contributed by atoms with Crippen LogP contribution in [-0.4, -0.2) is 22.4 Å². The third-order valence-electron chi connectivity index (χ3n) is 2.97. The number of aromatic nitrogens is 2. The van der Waals surface area contributed by atoms with Gasteiger partial charge < -0.3 is 4.74 Å². The Morgan fingerprint density at radius 2 is 2.05 bits per heavy atom. The van der Waals surface area contributed by atoms with Crippen LogP contribution in [0.3, 0.4) is 0 Å². The van der Waals surface area contributed by atoms with E-state index in [0.717, 1.165) is 0 Å². The van der Waals surface area contributed by atoms with E-state index in [2.05, 4.69) is 5.10 Å². The van der Waals surface area contributed by atoms with Crippen LogP contribution in [0.1, 0.15) is 29.9 Å². The highest BCUT2D eigenvalue weighted by molar-refractivity contribution is 6.35. The van der Waals surface area contributed by atoms with Crippen molar-refractivity contribution in [2.45, 2.75) is 20.3 Å². The molecule has 112 valence electrons. The lowest BCUT2D eigenvalue weighted by molar-refractivity contribution is 0.0517. The Labute approximate surface area is 131 Å². The Bertz CT molecular complexity index is 734. The van der Waals surface area contributed by atoms with Crippen LogP contribution in [0.15, 0.2) is 23.0 Å². The summed E-state index contributed by atoms with van der Waals surface area (Å²) in [5.41, 5.74) is 0.607. The van der Waals surface area contributed by atoms with Crippen molar-refractivity contribution in [3.8, 4) is 5.69 Å². The van der Waals surface area contributed by atoms with E-state index in [9.17, 15) is 9.59 Å². The number of nitrogens with zero attached hydrogens (tertiary/aromatic N) is 1. The molecule has 0 radical (unpaired) electrons. The first-order valence-electron chi connectivity index (χ1n) is 6.46. The van der Waals surface area contributed by atoms with Crippen LogP contribution < -0.4 is 5.56 Å². The summed E-state index contributed by atoms with van der Waals surface area (Å²) in [6, 6.07) is 4.75. The summed E-state index contributed by atoms with van der Waals surface area (Å²) in [6.45, 7) is 3.73. The van der Waals surface area contributed by atoms with E-state index < -0.39 is 5.97 Å². The molecule has 0 aliphatic heterocycles. The van der Waals surface area contributed by atoms with Crippen molar-refractivity contribution < 1.29 is 9.53 Å². The van der Waals surface area contributed by atoms with Gasteiger partial charge in [0, 0.05) is 5.02 Å². The summed E-state index contributed by atoms with van der Waals surface area (Å²) in [5, 5.41) is 3.54.